The van der Waals surface area contributed by atoms with E-state index in [0.717, 1.165) is 23.0 Å². The molecule has 3 heterocycles. The topological polar surface area (TPSA) is 157 Å². The Balaban J connectivity index is 1.78. The van der Waals surface area contributed by atoms with Gasteiger partial charge in [-0.1, -0.05) is 6.07 Å². The Morgan fingerprint density at radius 3 is 2.43 bits per heavy atom. The summed E-state index contributed by atoms with van der Waals surface area (Å²) in [5.41, 5.74) is -1.89. The van der Waals surface area contributed by atoms with Gasteiger partial charge in [0.15, 0.2) is 5.65 Å². The van der Waals surface area contributed by atoms with E-state index in [-0.39, 0.29) is 33.6 Å². The molecule has 3 aromatic rings. The molecular formula is C20H22F2N6O5S2. The third kappa shape index (κ3) is 5.32. The molecule has 1 saturated heterocycles. The van der Waals surface area contributed by atoms with E-state index >= 15 is 0 Å². The molecule has 0 bridgehead atoms. The van der Waals surface area contributed by atoms with Crippen LogP contribution in [0.25, 0.3) is 16.7 Å². The predicted octanol–water partition coefficient (Wildman–Crippen LogP) is 1.20. The SMILES string of the molecule is CS(=O)(=O)N1CCC(Nc2ncc3cc(C(F)F)c(=O)n(-c4cccc(S(N)(=O)=O)c4)c3n2)CC1. The van der Waals surface area contributed by atoms with Gasteiger partial charge in [0, 0.05) is 30.7 Å². The van der Waals surface area contributed by atoms with Crippen LogP contribution < -0.4 is 16.0 Å². The van der Waals surface area contributed by atoms with Gasteiger partial charge in [-0.2, -0.15) is 4.98 Å². The van der Waals surface area contributed by atoms with E-state index < -0.39 is 37.6 Å². The molecule has 1 aliphatic heterocycles. The molecular weight excluding hydrogens is 506 g/mol. The number of nitrogens with two attached hydrogens (primary N) is 1. The van der Waals surface area contributed by atoms with Crippen molar-refractivity contribution in [3.63, 3.8) is 0 Å². The number of piperidine rings is 1. The Kier molecular flexibility index (Phi) is 6.61. The number of alkyl halides is 2. The number of nitrogens with zero attached hydrogens (tertiary/aromatic N) is 4. The highest BCUT2D eigenvalue weighted by Crippen LogP contribution is 2.24. The lowest BCUT2D eigenvalue weighted by molar-refractivity contribution is 0.149. The maximum atomic E-state index is 13.6. The van der Waals surface area contributed by atoms with Gasteiger partial charge in [-0.3, -0.25) is 9.36 Å². The second-order valence-electron chi connectivity index (χ2n) is 8.14. The van der Waals surface area contributed by atoms with Crippen molar-refractivity contribution in [2.45, 2.75) is 30.2 Å². The summed E-state index contributed by atoms with van der Waals surface area (Å²) in [6.45, 7) is 0.625. The largest absolute Gasteiger partial charge is 0.351 e. The van der Waals surface area contributed by atoms with Crippen molar-refractivity contribution < 1.29 is 25.6 Å². The first-order chi connectivity index (χ1) is 16.3. The van der Waals surface area contributed by atoms with E-state index in [1.165, 1.54) is 28.7 Å². The highest BCUT2D eigenvalue weighted by molar-refractivity contribution is 7.89. The van der Waals surface area contributed by atoms with E-state index in [2.05, 4.69) is 15.3 Å². The van der Waals surface area contributed by atoms with E-state index in [1.807, 2.05) is 0 Å². The number of fused-ring (bicyclic) bond motifs is 1. The van der Waals surface area contributed by atoms with Crippen LogP contribution in [0.15, 0.2) is 46.2 Å². The number of sulfonamides is 2. The molecule has 11 nitrogen and oxygen atoms in total. The molecule has 0 amide bonds. The number of rotatable bonds is 6. The quantitative estimate of drug-likeness (QED) is 0.483. The molecule has 0 saturated carbocycles. The Morgan fingerprint density at radius 2 is 1.83 bits per heavy atom. The van der Waals surface area contributed by atoms with E-state index in [1.54, 1.807) is 0 Å². The van der Waals surface area contributed by atoms with Crippen LogP contribution >= 0.6 is 0 Å². The number of benzene rings is 1. The first-order valence-corrected chi connectivity index (χ1v) is 13.8. The second-order valence-corrected chi connectivity index (χ2v) is 11.7. The lowest BCUT2D eigenvalue weighted by Gasteiger charge is -2.30. The van der Waals surface area contributed by atoms with Crippen LogP contribution in [0, 0.1) is 0 Å². The normalized spacial score (nSPS) is 16.1. The summed E-state index contributed by atoms with van der Waals surface area (Å²) in [6, 6.07) is 5.86. The summed E-state index contributed by atoms with van der Waals surface area (Å²) < 4.78 is 76.5. The molecule has 1 aromatic carbocycles. The molecule has 0 atom stereocenters. The number of nitrogens with one attached hydrogen (secondary N) is 1. The smallest absolute Gasteiger partial charge is 0.269 e. The number of pyridine rings is 1. The number of aromatic nitrogens is 3. The molecule has 0 aliphatic carbocycles. The van der Waals surface area contributed by atoms with Gasteiger partial charge in [-0.05, 0) is 37.1 Å². The van der Waals surface area contributed by atoms with Crippen molar-refractivity contribution in [1.29, 1.82) is 0 Å². The second kappa shape index (κ2) is 9.22. The number of anilines is 1. The minimum absolute atomic E-state index is 0.0138. The van der Waals surface area contributed by atoms with Crippen LogP contribution in [-0.4, -0.2) is 61.1 Å². The molecule has 0 spiro atoms. The minimum Gasteiger partial charge on any atom is -0.351 e. The molecule has 4 rings (SSSR count). The summed E-state index contributed by atoms with van der Waals surface area (Å²) in [5, 5.41) is 8.42. The lowest BCUT2D eigenvalue weighted by atomic mass is 10.1. The molecule has 0 unspecified atom stereocenters. The zero-order valence-corrected chi connectivity index (χ0v) is 20.1. The van der Waals surface area contributed by atoms with Gasteiger partial charge >= 0.3 is 0 Å². The van der Waals surface area contributed by atoms with Gasteiger partial charge in [-0.15, -0.1) is 0 Å². The first-order valence-electron chi connectivity index (χ1n) is 10.4. The Labute approximate surface area is 199 Å². The maximum Gasteiger partial charge on any atom is 0.269 e. The number of hydrogen-bond donors (Lipinski definition) is 2. The molecule has 15 heteroatoms. The van der Waals surface area contributed by atoms with Crippen molar-refractivity contribution in [3.05, 3.63) is 52.4 Å². The maximum absolute atomic E-state index is 13.6. The zero-order valence-electron chi connectivity index (χ0n) is 18.4. The van der Waals surface area contributed by atoms with Crippen LogP contribution in [0.5, 0.6) is 0 Å². The van der Waals surface area contributed by atoms with Crippen LogP contribution in [-0.2, 0) is 20.0 Å². The van der Waals surface area contributed by atoms with Gasteiger partial charge in [0.2, 0.25) is 26.0 Å². The van der Waals surface area contributed by atoms with Gasteiger partial charge in [-0.25, -0.2) is 40.0 Å². The zero-order chi connectivity index (χ0) is 25.5. The summed E-state index contributed by atoms with van der Waals surface area (Å²) in [4.78, 5) is 21.2. The number of halogens is 2. The molecule has 35 heavy (non-hydrogen) atoms. The van der Waals surface area contributed by atoms with E-state index in [4.69, 9.17) is 5.14 Å². The Hall–Kier alpha value is -3.01. The van der Waals surface area contributed by atoms with Gasteiger partial charge in [0.25, 0.3) is 12.0 Å². The molecule has 3 N–H and O–H groups in total. The Bertz CT molecular complexity index is 1550. The summed E-state index contributed by atoms with van der Waals surface area (Å²) in [7, 11) is -7.42. The van der Waals surface area contributed by atoms with Crippen LogP contribution in [0.3, 0.4) is 0 Å². The molecule has 1 fully saturated rings. The van der Waals surface area contributed by atoms with Crippen molar-refractivity contribution in [2.24, 2.45) is 5.14 Å². The first kappa shape index (κ1) is 25.1. The van der Waals surface area contributed by atoms with Gasteiger partial charge < -0.3 is 5.32 Å². The van der Waals surface area contributed by atoms with Gasteiger partial charge in [0.1, 0.15) is 0 Å². The van der Waals surface area contributed by atoms with Crippen molar-refractivity contribution in [1.82, 2.24) is 18.8 Å². The third-order valence-corrected chi connectivity index (χ3v) is 7.88. The van der Waals surface area contributed by atoms with Crippen LogP contribution in [0.2, 0.25) is 0 Å². The average Bonchev–Trinajstić information content (AvgIpc) is 2.78. The highest BCUT2D eigenvalue weighted by Gasteiger charge is 2.26. The highest BCUT2D eigenvalue weighted by atomic mass is 32.2. The lowest BCUT2D eigenvalue weighted by Crippen LogP contribution is -2.42. The van der Waals surface area contributed by atoms with Crippen molar-refractivity contribution in [2.75, 3.05) is 24.7 Å². The van der Waals surface area contributed by atoms with Gasteiger partial charge in [0.05, 0.1) is 22.4 Å². The van der Waals surface area contributed by atoms with Crippen molar-refractivity contribution in [3.8, 4) is 5.69 Å². The Morgan fingerprint density at radius 1 is 1.14 bits per heavy atom. The monoisotopic (exact) mass is 528 g/mol. The summed E-state index contributed by atoms with van der Waals surface area (Å²) in [6.07, 6.45) is 0.314. The summed E-state index contributed by atoms with van der Waals surface area (Å²) >= 11 is 0. The fourth-order valence-electron chi connectivity index (χ4n) is 3.90. The van der Waals surface area contributed by atoms with E-state index in [9.17, 15) is 30.4 Å². The number of primary sulfonamides is 1. The number of hydrogen-bond acceptors (Lipinski definition) is 8. The molecule has 0 radical (unpaired) electrons. The molecule has 188 valence electrons. The average molecular weight is 529 g/mol. The molecule has 1 aliphatic rings. The standard InChI is InChI=1S/C20H22F2N6O5S2/c1-34(30,31)27-7-5-13(6-8-27)25-20-24-11-12-9-16(17(21)22)19(29)28(18(12)26-20)14-3-2-4-15(10-14)35(23,32)33/h2-4,9-11,13,17H,5-8H2,1H3,(H2,23,32,33)(H,24,25,26). The fraction of sp³-hybridized carbons (Fsp3) is 0.350. The van der Waals surface area contributed by atoms with Crippen LogP contribution in [0.1, 0.15) is 24.8 Å². The predicted molar refractivity (Wildman–Crippen MR) is 125 cm³/mol. The third-order valence-electron chi connectivity index (χ3n) is 5.66. The van der Waals surface area contributed by atoms with Crippen LogP contribution in [0.4, 0.5) is 14.7 Å². The minimum atomic E-state index is -4.12. The van der Waals surface area contributed by atoms with Crippen molar-refractivity contribution >= 4 is 37.0 Å². The fourth-order valence-corrected chi connectivity index (χ4v) is 5.32. The molecule has 2 aromatic heterocycles. The van der Waals surface area contributed by atoms with E-state index in [0.29, 0.717) is 25.9 Å². The summed E-state index contributed by atoms with van der Waals surface area (Å²) in [5.74, 6) is 0.107.